The molecule has 0 saturated carbocycles. The standard InChI is InChI=1S/C25H25BrN2O5S2/c1-5-31-17-13-18(32-6-2)16(26)11-15(17)12-20-23(29)28-22(19-9-8-10-34-19)21(24(30)33-7-3)14(4)27-25(28)35-20/h8-13,22H,5-7H2,1-4H3/b20-12-/t22-/m1/s1. The zero-order valence-electron chi connectivity index (χ0n) is 19.8. The van der Waals surface area contributed by atoms with Crippen LogP contribution in [0.5, 0.6) is 11.5 Å². The number of thiophene rings is 1. The van der Waals surface area contributed by atoms with Crippen molar-refractivity contribution in [3.63, 3.8) is 0 Å². The molecule has 3 heterocycles. The van der Waals surface area contributed by atoms with Crippen molar-refractivity contribution >= 4 is 50.6 Å². The summed E-state index contributed by atoms with van der Waals surface area (Å²) in [6, 6.07) is 6.92. The topological polar surface area (TPSA) is 79.1 Å². The molecule has 0 radical (unpaired) electrons. The molecule has 0 N–H and O–H groups in total. The van der Waals surface area contributed by atoms with Gasteiger partial charge in [0.05, 0.1) is 40.1 Å². The van der Waals surface area contributed by atoms with E-state index in [0.29, 0.717) is 45.3 Å². The first kappa shape index (κ1) is 25.4. The summed E-state index contributed by atoms with van der Waals surface area (Å²) in [6.07, 6.45) is 1.80. The van der Waals surface area contributed by atoms with Crippen molar-refractivity contribution in [1.82, 2.24) is 4.57 Å². The van der Waals surface area contributed by atoms with Gasteiger partial charge in [0, 0.05) is 16.5 Å². The number of hydrogen-bond acceptors (Lipinski definition) is 8. The zero-order chi connectivity index (χ0) is 25.1. The molecule has 1 aromatic carbocycles. The minimum atomic E-state index is -0.592. The van der Waals surface area contributed by atoms with Gasteiger partial charge in [-0.1, -0.05) is 17.4 Å². The second-order valence-corrected chi connectivity index (χ2v) is 10.3. The number of fused-ring (bicyclic) bond motifs is 1. The molecule has 3 aromatic rings. The van der Waals surface area contributed by atoms with Gasteiger partial charge in [0.25, 0.3) is 5.56 Å². The predicted molar refractivity (Wildman–Crippen MR) is 141 cm³/mol. The highest BCUT2D eigenvalue weighted by Gasteiger charge is 2.33. The van der Waals surface area contributed by atoms with Crippen LogP contribution >= 0.6 is 38.6 Å². The Labute approximate surface area is 219 Å². The van der Waals surface area contributed by atoms with E-state index in [0.717, 1.165) is 14.9 Å². The number of hydrogen-bond donors (Lipinski definition) is 0. The highest BCUT2D eigenvalue weighted by Crippen LogP contribution is 2.35. The normalized spacial score (nSPS) is 15.6. The summed E-state index contributed by atoms with van der Waals surface area (Å²) >= 11 is 6.31. The molecule has 7 nitrogen and oxygen atoms in total. The fourth-order valence-electron chi connectivity index (χ4n) is 3.86. The molecule has 0 fully saturated rings. The smallest absolute Gasteiger partial charge is 0.338 e. The number of nitrogens with zero attached hydrogens (tertiary/aromatic N) is 2. The number of ether oxygens (including phenoxy) is 3. The summed E-state index contributed by atoms with van der Waals surface area (Å²) in [4.78, 5) is 32.6. The third kappa shape index (κ3) is 5.00. The molecule has 10 heteroatoms. The Hall–Kier alpha value is -2.69. The van der Waals surface area contributed by atoms with E-state index in [1.165, 1.54) is 22.7 Å². The van der Waals surface area contributed by atoms with E-state index in [1.54, 1.807) is 24.5 Å². The van der Waals surface area contributed by atoms with Gasteiger partial charge < -0.3 is 14.2 Å². The second kappa shape index (κ2) is 10.9. The van der Waals surface area contributed by atoms with Gasteiger partial charge in [-0.25, -0.2) is 9.79 Å². The van der Waals surface area contributed by atoms with Gasteiger partial charge in [-0.3, -0.25) is 9.36 Å². The van der Waals surface area contributed by atoms with Crippen molar-refractivity contribution in [2.24, 2.45) is 4.99 Å². The Morgan fingerprint density at radius 2 is 1.91 bits per heavy atom. The van der Waals surface area contributed by atoms with Crippen LogP contribution in [0.2, 0.25) is 0 Å². The largest absolute Gasteiger partial charge is 0.493 e. The molecule has 0 unspecified atom stereocenters. The van der Waals surface area contributed by atoms with Crippen LogP contribution in [0.4, 0.5) is 0 Å². The van der Waals surface area contributed by atoms with Gasteiger partial charge in [0.1, 0.15) is 17.5 Å². The van der Waals surface area contributed by atoms with Gasteiger partial charge in [-0.05, 0) is 67.2 Å². The van der Waals surface area contributed by atoms with Gasteiger partial charge in [0.2, 0.25) is 0 Å². The molecule has 35 heavy (non-hydrogen) atoms. The van der Waals surface area contributed by atoms with E-state index >= 15 is 0 Å². The van der Waals surface area contributed by atoms with Crippen molar-refractivity contribution in [3.05, 3.63) is 75.5 Å². The molecular weight excluding hydrogens is 552 g/mol. The van der Waals surface area contributed by atoms with Gasteiger partial charge >= 0.3 is 5.97 Å². The van der Waals surface area contributed by atoms with E-state index in [1.807, 2.05) is 43.5 Å². The molecule has 0 spiro atoms. The van der Waals surface area contributed by atoms with Crippen molar-refractivity contribution in [3.8, 4) is 11.5 Å². The van der Waals surface area contributed by atoms with Gasteiger partial charge in [0.15, 0.2) is 4.80 Å². The van der Waals surface area contributed by atoms with Crippen LogP contribution in [0, 0.1) is 0 Å². The van der Waals surface area contributed by atoms with Crippen LogP contribution in [0.15, 0.2) is 55.2 Å². The number of halogens is 1. The second-order valence-electron chi connectivity index (χ2n) is 7.50. The predicted octanol–water partition coefficient (Wildman–Crippen LogP) is 4.42. The molecule has 4 rings (SSSR count). The highest BCUT2D eigenvalue weighted by molar-refractivity contribution is 9.10. The van der Waals surface area contributed by atoms with Gasteiger partial charge in [-0.2, -0.15) is 0 Å². The lowest BCUT2D eigenvalue weighted by Gasteiger charge is -2.23. The van der Waals surface area contributed by atoms with Crippen LogP contribution in [0.3, 0.4) is 0 Å². The number of rotatable bonds is 8. The molecule has 0 aliphatic carbocycles. The lowest BCUT2D eigenvalue weighted by atomic mass is 10.0. The molecular formula is C25H25BrN2O5S2. The number of allylic oxidation sites excluding steroid dienone is 1. The van der Waals surface area contributed by atoms with E-state index in [-0.39, 0.29) is 12.2 Å². The molecule has 0 saturated heterocycles. The van der Waals surface area contributed by atoms with Crippen LogP contribution < -0.4 is 24.4 Å². The molecule has 2 aromatic heterocycles. The number of aromatic nitrogens is 1. The fraction of sp³-hybridized carbons (Fsp3) is 0.320. The third-order valence-electron chi connectivity index (χ3n) is 5.28. The van der Waals surface area contributed by atoms with E-state index in [4.69, 9.17) is 14.2 Å². The Kier molecular flexibility index (Phi) is 7.93. The maximum absolute atomic E-state index is 13.7. The minimum Gasteiger partial charge on any atom is -0.493 e. The number of esters is 1. The minimum absolute atomic E-state index is 0.228. The average Bonchev–Trinajstić information content (AvgIpc) is 3.45. The molecule has 0 bridgehead atoms. The fourth-order valence-corrected chi connectivity index (χ4v) is 6.19. The van der Waals surface area contributed by atoms with E-state index in [9.17, 15) is 9.59 Å². The summed E-state index contributed by atoms with van der Waals surface area (Å²) in [5.74, 6) is 0.820. The molecule has 1 atom stereocenters. The molecule has 1 aliphatic rings. The van der Waals surface area contributed by atoms with Crippen LogP contribution in [-0.2, 0) is 9.53 Å². The first-order valence-electron chi connectivity index (χ1n) is 11.2. The summed E-state index contributed by atoms with van der Waals surface area (Å²) < 4.78 is 19.7. The van der Waals surface area contributed by atoms with Crippen LogP contribution in [0.25, 0.3) is 6.08 Å². The summed E-state index contributed by atoms with van der Waals surface area (Å²) in [7, 11) is 0. The number of benzene rings is 1. The first-order chi connectivity index (χ1) is 16.9. The van der Waals surface area contributed by atoms with Crippen molar-refractivity contribution < 1.29 is 19.0 Å². The average molecular weight is 578 g/mol. The maximum atomic E-state index is 13.7. The van der Waals surface area contributed by atoms with Crippen molar-refractivity contribution in [1.29, 1.82) is 0 Å². The summed E-state index contributed by atoms with van der Waals surface area (Å²) in [6.45, 7) is 8.58. The monoisotopic (exact) mass is 576 g/mol. The summed E-state index contributed by atoms with van der Waals surface area (Å²) in [5.41, 5.74) is 1.44. The first-order valence-corrected chi connectivity index (χ1v) is 13.7. The van der Waals surface area contributed by atoms with E-state index in [2.05, 4.69) is 20.9 Å². The molecule has 184 valence electrons. The molecule has 1 aliphatic heterocycles. The van der Waals surface area contributed by atoms with Crippen molar-refractivity contribution in [2.45, 2.75) is 33.7 Å². The number of carbonyl (C=O) groups is 1. The quantitative estimate of drug-likeness (QED) is 0.371. The highest BCUT2D eigenvalue weighted by atomic mass is 79.9. The van der Waals surface area contributed by atoms with Gasteiger partial charge in [-0.15, -0.1) is 11.3 Å². The zero-order valence-corrected chi connectivity index (χ0v) is 23.0. The van der Waals surface area contributed by atoms with E-state index < -0.39 is 12.0 Å². The number of carbonyl (C=O) groups excluding carboxylic acids is 1. The molecule has 0 amide bonds. The Morgan fingerprint density at radius 3 is 2.57 bits per heavy atom. The SMILES string of the molecule is CCOC(=O)C1=C(C)N=c2s/c(=C\c3cc(Br)c(OCC)cc3OCC)c(=O)n2[C@@H]1c1cccs1. The lowest BCUT2D eigenvalue weighted by molar-refractivity contribution is -0.139. The summed E-state index contributed by atoms with van der Waals surface area (Å²) in [5, 5.41) is 1.93. The maximum Gasteiger partial charge on any atom is 0.338 e. The van der Waals surface area contributed by atoms with Crippen LogP contribution in [0.1, 0.15) is 44.2 Å². The van der Waals surface area contributed by atoms with Crippen molar-refractivity contribution in [2.75, 3.05) is 19.8 Å². The lowest BCUT2D eigenvalue weighted by Crippen LogP contribution is -2.39. The Morgan fingerprint density at radius 1 is 1.17 bits per heavy atom. The Bertz CT molecular complexity index is 1450. The number of thiazole rings is 1. The van der Waals surface area contributed by atoms with Crippen LogP contribution in [-0.4, -0.2) is 30.4 Å². The Balaban J connectivity index is 1.92. The third-order valence-corrected chi connectivity index (χ3v) is 7.81.